The van der Waals surface area contributed by atoms with E-state index in [1.54, 1.807) is 42.5 Å². The van der Waals surface area contributed by atoms with Crippen LogP contribution in [0.4, 0.5) is 5.69 Å². The second-order valence-corrected chi connectivity index (χ2v) is 9.34. The van der Waals surface area contributed by atoms with Gasteiger partial charge in [0, 0.05) is 22.3 Å². The van der Waals surface area contributed by atoms with E-state index in [1.807, 2.05) is 6.07 Å². The molecule has 3 aromatic carbocycles. The van der Waals surface area contributed by atoms with Gasteiger partial charge in [0.05, 0.1) is 23.1 Å². The third-order valence-corrected chi connectivity index (χ3v) is 6.78. The topological polar surface area (TPSA) is 90.3 Å². The molecule has 158 valence electrons. The summed E-state index contributed by atoms with van der Waals surface area (Å²) in [5, 5.41) is 12.4. The van der Waals surface area contributed by atoms with Crippen LogP contribution >= 0.6 is 23.2 Å². The first-order chi connectivity index (χ1) is 14.8. The van der Waals surface area contributed by atoms with Gasteiger partial charge in [0.1, 0.15) is 0 Å². The van der Waals surface area contributed by atoms with Gasteiger partial charge in [0.25, 0.3) is 0 Å². The van der Waals surface area contributed by atoms with Gasteiger partial charge in [-0.3, -0.25) is 4.79 Å². The maximum atomic E-state index is 13.3. The largest absolute Gasteiger partial charge is 0.325 e. The van der Waals surface area contributed by atoms with Crippen LogP contribution in [-0.2, 0) is 21.4 Å². The zero-order valence-corrected chi connectivity index (χ0v) is 18.5. The molecular formula is C22H17Cl2N3O3S. The van der Waals surface area contributed by atoms with E-state index in [9.17, 15) is 13.2 Å². The van der Waals surface area contributed by atoms with Crippen LogP contribution in [0.25, 0.3) is 0 Å². The number of amides is 1. The number of nitrogens with one attached hydrogen (secondary N) is 1. The van der Waals surface area contributed by atoms with Crippen LogP contribution in [0, 0.1) is 11.3 Å². The number of anilines is 1. The molecular weight excluding hydrogens is 457 g/mol. The number of rotatable bonds is 7. The van der Waals surface area contributed by atoms with Gasteiger partial charge in [-0.2, -0.15) is 9.57 Å². The highest BCUT2D eigenvalue weighted by Crippen LogP contribution is 2.23. The van der Waals surface area contributed by atoms with Crippen molar-refractivity contribution in [1.82, 2.24) is 4.31 Å². The SMILES string of the molecule is N#Cc1cccc(NC(=O)CN(Cc2ccccc2Cl)S(=O)(=O)c2ccc(Cl)cc2)c1. The Labute approximate surface area is 190 Å². The standard InChI is InChI=1S/C22H17Cl2N3O3S/c23-18-8-10-20(11-9-18)31(29,30)27(14-17-5-1-2-7-21(17)24)15-22(28)26-19-6-3-4-16(12-19)13-25/h1-12H,14-15H2,(H,26,28). The molecule has 0 heterocycles. The van der Waals surface area contributed by atoms with Gasteiger partial charge in [0.15, 0.2) is 0 Å². The third kappa shape index (κ3) is 5.84. The molecule has 0 fully saturated rings. The molecule has 0 aromatic heterocycles. The predicted octanol–water partition coefficient (Wildman–Crippen LogP) is 4.69. The molecule has 0 aliphatic rings. The molecule has 0 radical (unpaired) electrons. The number of carbonyl (C=O) groups is 1. The Morgan fingerprint density at radius 3 is 2.39 bits per heavy atom. The van der Waals surface area contributed by atoms with Crippen molar-refractivity contribution in [3.8, 4) is 6.07 Å². The van der Waals surface area contributed by atoms with Gasteiger partial charge in [0.2, 0.25) is 15.9 Å². The Kier molecular flexibility index (Phi) is 7.31. The maximum absolute atomic E-state index is 13.3. The van der Waals surface area contributed by atoms with Crippen molar-refractivity contribution in [2.24, 2.45) is 0 Å². The first-order valence-corrected chi connectivity index (χ1v) is 11.3. The van der Waals surface area contributed by atoms with Crippen molar-refractivity contribution >= 4 is 44.8 Å². The van der Waals surface area contributed by atoms with E-state index in [0.29, 0.717) is 26.9 Å². The lowest BCUT2D eigenvalue weighted by Gasteiger charge is -2.22. The highest BCUT2D eigenvalue weighted by Gasteiger charge is 2.27. The molecule has 31 heavy (non-hydrogen) atoms. The number of hydrogen-bond acceptors (Lipinski definition) is 4. The molecule has 0 aliphatic carbocycles. The van der Waals surface area contributed by atoms with Gasteiger partial charge in [-0.1, -0.05) is 47.5 Å². The zero-order valence-electron chi connectivity index (χ0n) is 16.1. The highest BCUT2D eigenvalue weighted by atomic mass is 35.5. The van der Waals surface area contributed by atoms with Crippen molar-refractivity contribution in [3.63, 3.8) is 0 Å². The van der Waals surface area contributed by atoms with Crippen LogP contribution in [0.2, 0.25) is 10.0 Å². The predicted molar refractivity (Wildman–Crippen MR) is 120 cm³/mol. The first kappa shape index (κ1) is 22.8. The average molecular weight is 474 g/mol. The number of sulfonamides is 1. The first-order valence-electron chi connectivity index (χ1n) is 9.09. The normalized spacial score (nSPS) is 11.2. The van der Waals surface area contributed by atoms with E-state index in [0.717, 1.165) is 4.31 Å². The second kappa shape index (κ2) is 9.94. The fourth-order valence-electron chi connectivity index (χ4n) is 2.83. The monoisotopic (exact) mass is 473 g/mol. The molecule has 1 N–H and O–H groups in total. The Morgan fingerprint density at radius 2 is 1.71 bits per heavy atom. The summed E-state index contributed by atoms with van der Waals surface area (Å²) in [5.41, 5.74) is 1.33. The number of nitriles is 1. The van der Waals surface area contributed by atoms with Crippen molar-refractivity contribution in [2.45, 2.75) is 11.4 Å². The van der Waals surface area contributed by atoms with Crippen LogP contribution in [0.3, 0.4) is 0 Å². The summed E-state index contributed by atoms with van der Waals surface area (Å²) in [6.45, 7) is -0.552. The summed E-state index contributed by atoms with van der Waals surface area (Å²) in [6.07, 6.45) is 0. The summed E-state index contributed by atoms with van der Waals surface area (Å²) in [4.78, 5) is 12.7. The van der Waals surface area contributed by atoms with Crippen molar-refractivity contribution < 1.29 is 13.2 Å². The molecule has 3 rings (SSSR count). The lowest BCUT2D eigenvalue weighted by Crippen LogP contribution is -2.37. The minimum atomic E-state index is -4.03. The van der Waals surface area contributed by atoms with E-state index in [4.69, 9.17) is 28.5 Å². The quantitative estimate of drug-likeness (QED) is 0.538. The number of benzene rings is 3. The Balaban J connectivity index is 1.89. The van der Waals surface area contributed by atoms with Crippen molar-refractivity contribution in [3.05, 3.63) is 94.0 Å². The lowest BCUT2D eigenvalue weighted by molar-refractivity contribution is -0.116. The number of halogens is 2. The number of carbonyl (C=O) groups excluding carboxylic acids is 1. The summed E-state index contributed by atoms with van der Waals surface area (Å²) in [5.74, 6) is -0.556. The average Bonchev–Trinajstić information content (AvgIpc) is 2.75. The molecule has 0 atom stereocenters. The van der Waals surface area contributed by atoms with E-state index in [-0.39, 0.29) is 11.4 Å². The minimum absolute atomic E-state index is 0.00299. The Bertz CT molecular complexity index is 1240. The van der Waals surface area contributed by atoms with E-state index >= 15 is 0 Å². The second-order valence-electron chi connectivity index (χ2n) is 6.56. The van der Waals surface area contributed by atoms with Gasteiger partial charge in [-0.05, 0) is 54.1 Å². The van der Waals surface area contributed by atoms with Crippen LogP contribution in [0.5, 0.6) is 0 Å². The van der Waals surface area contributed by atoms with Gasteiger partial charge >= 0.3 is 0 Å². The minimum Gasteiger partial charge on any atom is -0.325 e. The number of nitrogens with zero attached hydrogens (tertiary/aromatic N) is 2. The molecule has 6 nitrogen and oxygen atoms in total. The Morgan fingerprint density at radius 1 is 1.00 bits per heavy atom. The zero-order chi connectivity index (χ0) is 22.4. The van der Waals surface area contributed by atoms with Crippen LogP contribution in [0.15, 0.2) is 77.7 Å². The molecule has 9 heteroatoms. The third-order valence-electron chi connectivity index (χ3n) is 4.35. The smallest absolute Gasteiger partial charge is 0.243 e. The molecule has 0 bridgehead atoms. The van der Waals surface area contributed by atoms with Gasteiger partial charge < -0.3 is 5.32 Å². The lowest BCUT2D eigenvalue weighted by atomic mass is 10.2. The molecule has 1 amide bonds. The van der Waals surface area contributed by atoms with Crippen molar-refractivity contribution in [1.29, 1.82) is 5.26 Å². The molecule has 3 aromatic rings. The van der Waals surface area contributed by atoms with Crippen LogP contribution < -0.4 is 5.32 Å². The Hall–Kier alpha value is -2.89. The molecule has 0 spiro atoms. The van der Waals surface area contributed by atoms with E-state index < -0.39 is 22.5 Å². The van der Waals surface area contributed by atoms with Crippen LogP contribution in [-0.4, -0.2) is 25.2 Å². The summed E-state index contributed by atoms with van der Waals surface area (Å²) in [6, 6.07) is 20.8. The van der Waals surface area contributed by atoms with E-state index in [2.05, 4.69) is 5.32 Å². The van der Waals surface area contributed by atoms with Gasteiger partial charge in [-0.15, -0.1) is 0 Å². The van der Waals surface area contributed by atoms with Crippen molar-refractivity contribution in [2.75, 3.05) is 11.9 Å². The molecule has 0 saturated carbocycles. The summed E-state index contributed by atoms with van der Waals surface area (Å²) >= 11 is 12.1. The van der Waals surface area contributed by atoms with E-state index in [1.165, 1.54) is 30.3 Å². The number of hydrogen-bond donors (Lipinski definition) is 1. The fraction of sp³-hybridized carbons (Fsp3) is 0.0909. The van der Waals surface area contributed by atoms with Gasteiger partial charge in [-0.25, -0.2) is 8.42 Å². The summed E-state index contributed by atoms with van der Waals surface area (Å²) in [7, 11) is -4.03. The summed E-state index contributed by atoms with van der Waals surface area (Å²) < 4.78 is 27.6. The maximum Gasteiger partial charge on any atom is 0.243 e. The molecule has 0 aliphatic heterocycles. The van der Waals surface area contributed by atoms with Crippen LogP contribution in [0.1, 0.15) is 11.1 Å². The fourth-order valence-corrected chi connectivity index (χ4v) is 4.52. The molecule has 0 unspecified atom stereocenters. The molecule has 0 saturated heterocycles. The highest BCUT2D eigenvalue weighted by molar-refractivity contribution is 7.89.